The van der Waals surface area contributed by atoms with Crippen LogP contribution in [0.15, 0.2) is 0 Å². The highest BCUT2D eigenvalue weighted by atomic mass is 16.6. The summed E-state index contributed by atoms with van der Waals surface area (Å²) in [4.78, 5) is 94.1. The van der Waals surface area contributed by atoms with Gasteiger partial charge in [0.05, 0.1) is 7.11 Å². The number of rotatable bonds is 16. The van der Waals surface area contributed by atoms with Gasteiger partial charge in [-0.05, 0) is 85.0 Å². The molecule has 15 heteroatoms. The van der Waals surface area contributed by atoms with Crippen molar-refractivity contribution < 1.29 is 43.0 Å². The van der Waals surface area contributed by atoms with Crippen LogP contribution < -0.4 is 31.9 Å². The fraction of sp³-hybridized carbons (Fsp3) is 0.825. The Labute approximate surface area is 328 Å². The molecule has 6 amide bonds. The second kappa shape index (κ2) is 21.4. The lowest BCUT2D eigenvalue weighted by Gasteiger charge is -2.36. The molecule has 0 aromatic carbocycles. The smallest absolute Gasteiger partial charge is 0.408 e. The lowest BCUT2D eigenvalue weighted by molar-refractivity contribution is -0.152. The summed E-state index contributed by atoms with van der Waals surface area (Å²) >= 11 is 0. The third-order valence-electron chi connectivity index (χ3n) is 10.2. The molecule has 2 aliphatic rings. The van der Waals surface area contributed by atoms with Crippen LogP contribution >= 0.6 is 0 Å². The molecule has 2 saturated carbocycles. The monoisotopic (exact) mass is 779 g/mol. The number of hydrogen-bond donors (Lipinski definition) is 6. The Morgan fingerprint density at radius 3 is 1.31 bits per heavy atom. The Morgan fingerprint density at radius 2 is 0.927 bits per heavy atom. The molecule has 0 aromatic rings. The van der Waals surface area contributed by atoms with Crippen LogP contribution in [-0.4, -0.2) is 89.6 Å². The largest absolute Gasteiger partial charge is 0.467 e. The van der Waals surface area contributed by atoms with Gasteiger partial charge in [0.1, 0.15) is 40.8 Å². The maximum atomic E-state index is 14.2. The summed E-state index contributed by atoms with van der Waals surface area (Å²) < 4.78 is 10.4. The summed E-state index contributed by atoms with van der Waals surface area (Å²) in [5.74, 6) is -3.25. The minimum Gasteiger partial charge on any atom is -0.467 e. The van der Waals surface area contributed by atoms with Crippen LogP contribution in [-0.2, 0) is 38.2 Å². The lowest BCUT2D eigenvalue weighted by Crippen LogP contribution is -2.65. The van der Waals surface area contributed by atoms with E-state index >= 15 is 0 Å². The van der Waals surface area contributed by atoms with Gasteiger partial charge in [-0.1, -0.05) is 79.1 Å². The van der Waals surface area contributed by atoms with Crippen molar-refractivity contribution in [2.75, 3.05) is 7.11 Å². The third kappa shape index (κ3) is 15.3. The van der Waals surface area contributed by atoms with Gasteiger partial charge in [-0.2, -0.15) is 0 Å². The number of esters is 1. The van der Waals surface area contributed by atoms with Crippen molar-refractivity contribution in [2.45, 2.75) is 193 Å². The fourth-order valence-corrected chi connectivity index (χ4v) is 7.24. The number of ether oxygens (including phenoxy) is 2. The second-order valence-corrected chi connectivity index (χ2v) is 17.4. The highest BCUT2D eigenvalue weighted by molar-refractivity contribution is 5.98. The first-order chi connectivity index (χ1) is 25.6. The van der Waals surface area contributed by atoms with Crippen molar-refractivity contribution >= 4 is 41.6 Å². The second-order valence-electron chi connectivity index (χ2n) is 17.4. The number of carbonyl (C=O) groups excluding carboxylic acids is 7. The van der Waals surface area contributed by atoms with Gasteiger partial charge < -0.3 is 41.4 Å². The van der Waals surface area contributed by atoms with E-state index in [1.165, 1.54) is 21.0 Å². The van der Waals surface area contributed by atoms with E-state index in [2.05, 4.69) is 31.9 Å². The Bertz CT molecular complexity index is 1330. The van der Waals surface area contributed by atoms with Crippen molar-refractivity contribution in [1.29, 1.82) is 0 Å². The quantitative estimate of drug-likeness (QED) is 0.0985. The summed E-state index contributed by atoms with van der Waals surface area (Å²) in [6.45, 7) is 15.8. The number of methoxy groups -OCH3 is 1. The van der Waals surface area contributed by atoms with Crippen LogP contribution in [0.3, 0.4) is 0 Å². The zero-order chi connectivity index (χ0) is 41.6. The minimum absolute atomic E-state index is 0.00570. The molecule has 4 atom stereocenters. The summed E-state index contributed by atoms with van der Waals surface area (Å²) in [5, 5.41) is 16.8. The number of alkyl carbamates (subject to hydrolysis) is 1. The van der Waals surface area contributed by atoms with E-state index in [1.807, 2.05) is 27.7 Å². The molecule has 0 bridgehead atoms. The Balaban J connectivity index is 2.24. The first-order valence-corrected chi connectivity index (χ1v) is 20.3. The molecule has 2 aliphatic carbocycles. The first-order valence-electron chi connectivity index (χ1n) is 20.3. The van der Waals surface area contributed by atoms with Crippen molar-refractivity contribution in [2.24, 2.45) is 11.8 Å². The van der Waals surface area contributed by atoms with Crippen LogP contribution in [0.2, 0.25) is 0 Å². The average Bonchev–Trinajstić information content (AvgIpc) is 3.47. The molecule has 2 rings (SSSR count). The summed E-state index contributed by atoms with van der Waals surface area (Å²) in [5.41, 5.74) is -3.30. The van der Waals surface area contributed by atoms with Crippen LogP contribution in [0, 0.1) is 11.8 Å². The summed E-state index contributed by atoms with van der Waals surface area (Å²) in [6.07, 6.45) is 7.77. The molecule has 55 heavy (non-hydrogen) atoms. The number of hydrogen-bond acceptors (Lipinski definition) is 9. The van der Waals surface area contributed by atoms with Crippen LogP contribution in [0.4, 0.5) is 4.79 Å². The average molecular weight is 779 g/mol. The topological polar surface area (TPSA) is 210 Å². The van der Waals surface area contributed by atoms with E-state index in [9.17, 15) is 33.6 Å². The maximum Gasteiger partial charge on any atom is 0.408 e. The minimum atomic E-state index is -1.36. The molecule has 0 unspecified atom stereocenters. The number of nitrogens with one attached hydrogen (secondary N) is 6. The van der Waals surface area contributed by atoms with Gasteiger partial charge in [-0.3, -0.25) is 24.0 Å². The van der Waals surface area contributed by atoms with Crippen LogP contribution in [0.25, 0.3) is 0 Å². The highest BCUT2D eigenvalue weighted by Crippen LogP contribution is 2.30. The molecule has 0 spiro atoms. The molecule has 0 aliphatic heterocycles. The Morgan fingerprint density at radius 1 is 0.545 bits per heavy atom. The standard InChI is InChI=1S/C40H70N6O9/c1-25(2)23-29(44-32(48)28(6)42-37(53)55-38(7,8)9)33(49)45-39(19-15-11-12-16-20-39)35(51)41-27(5)31(47)43-30(24-26(3)4)34(50)46-40(36(52)54-10)21-17-13-14-18-22-40/h25-30H,11-24H2,1-10H3,(H,41,51)(H,42,53)(H,43,47)(H,44,48)(H,45,49)(H,46,50)/t27-,28-,29-,30-/m0/s1. The zero-order valence-electron chi connectivity index (χ0n) is 35.0. The molecule has 15 nitrogen and oxygen atoms in total. The SMILES string of the molecule is COC(=O)C1(NC(=O)[C@H](CC(C)C)NC(=O)[C@H](C)NC(=O)C2(NC(=O)[C@H](CC(C)C)NC(=O)[C@H](C)NC(=O)OC(C)(C)C)CCCCCC2)CCCCCC1. The van der Waals surface area contributed by atoms with Crippen LogP contribution in [0.1, 0.15) is 152 Å². The van der Waals surface area contributed by atoms with Crippen molar-refractivity contribution in [3.8, 4) is 0 Å². The normalized spacial score (nSPS) is 19.2. The molecule has 0 radical (unpaired) electrons. The van der Waals surface area contributed by atoms with Gasteiger partial charge >= 0.3 is 12.1 Å². The summed E-state index contributed by atoms with van der Waals surface area (Å²) in [7, 11) is 1.30. The number of carbonyl (C=O) groups is 7. The predicted octanol–water partition coefficient (Wildman–Crippen LogP) is 4.06. The van der Waals surface area contributed by atoms with Crippen molar-refractivity contribution in [3.63, 3.8) is 0 Å². The van der Waals surface area contributed by atoms with E-state index < -0.39 is 82.4 Å². The van der Waals surface area contributed by atoms with Gasteiger partial charge in [0, 0.05) is 0 Å². The Hall–Kier alpha value is -3.91. The van der Waals surface area contributed by atoms with E-state index in [0.29, 0.717) is 44.9 Å². The molecule has 0 aromatic heterocycles. The molecule has 0 saturated heterocycles. The number of amides is 6. The van der Waals surface area contributed by atoms with Crippen molar-refractivity contribution in [1.82, 2.24) is 31.9 Å². The molecular weight excluding hydrogens is 708 g/mol. The van der Waals surface area contributed by atoms with Gasteiger partial charge in [-0.15, -0.1) is 0 Å². The van der Waals surface area contributed by atoms with E-state index in [1.54, 1.807) is 20.8 Å². The van der Waals surface area contributed by atoms with Gasteiger partial charge in [0.15, 0.2) is 0 Å². The van der Waals surface area contributed by atoms with Crippen LogP contribution in [0.5, 0.6) is 0 Å². The summed E-state index contributed by atoms with van der Waals surface area (Å²) in [6, 6.07) is -4.08. The van der Waals surface area contributed by atoms with E-state index in [-0.39, 0.29) is 18.3 Å². The fourth-order valence-electron chi connectivity index (χ4n) is 7.24. The Kier molecular flexibility index (Phi) is 18.4. The highest BCUT2D eigenvalue weighted by Gasteiger charge is 2.44. The third-order valence-corrected chi connectivity index (χ3v) is 10.2. The van der Waals surface area contributed by atoms with Gasteiger partial charge in [-0.25, -0.2) is 9.59 Å². The first kappa shape index (κ1) is 47.2. The zero-order valence-corrected chi connectivity index (χ0v) is 35.0. The van der Waals surface area contributed by atoms with Crippen molar-refractivity contribution in [3.05, 3.63) is 0 Å². The molecule has 2 fully saturated rings. The maximum absolute atomic E-state index is 14.2. The molecule has 314 valence electrons. The van der Waals surface area contributed by atoms with Gasteiger partial charge in [0.2, 0.25) is 29.5 Å². The predicted molar refractivity (Wildman–Crippen MR) is 208 cm³/mol. The molecular formula is C40H70N6O9. The van der Waals surface area contributed by atoms with Gasteiger partial charge in [0.25, 0.3) is 0 Å². The van der Waals surface area contributed by atoms with E-state index in [0.717, 1.165) is 38.5 Å². The lowest BCUT2D eigenvalue weighted by atomic mass is 9.87. The molecule has 6 N–H and O–H groups in total. The van der Waals surface area contributed by atoms with E-state index in [4.69, 9.17) is 9.47 Å². The molecule has 0 heterocycles.